The smallest absolute Gasteiger partial charge is 0.333 e. The minimum atomic E-state index is -0.969. The zero-order valence-corrected chi connectivity index (χ0v) is 9.16. The van der Waals surface area contributed by atoms with Gasteiger partial charge < -0.3 is 10.0 Å². The van der Waals surface area contributed by atoms with Crippen LogP contribution in [0, 0.1) is 0 Å². The average Bonchev–Trinajstić information content (AvgIpc) is 2.28. The number of rotatable bonds is 2. The van der Waals surface area contributed by atoms with Crippen LogP contribution in [-0.4, -0.2) is 22.5 Å². The van der Waals surface area contributed by atoms with E-state index in [1.807, 2.05) is 13.0 Å². The van der Waals surface area contributed by atoms with E-state index in [9.17, 15) is 9.18 Å². The Balaban J connectivity index is 2.44. The summed E-state index contributed by atoms with van der Waals surface area (Å²) in [5.74, 6) is -1.13. The second-order valence-corrected chi connectivity index (χ2v) is 3.93. The number of likely N-dealkylation sites (N-methyl/N-ethyl adjacent to an activating group) is 1. The summed E-state index contributed by atoms with van der Waals surface area (Å²) in [6, 6.07) is 0. The van der Waals surface area contributed by atoms with Gasteiger partial charge in [0.15, 0.2) is 0 Å². The number of hydrogen-bond donors (Lipinski definition) is 1. The van der Waals surface area contributed by atoms with Crippen LogP contribution in [-0.2, 0) is 4.79 Å². The minimum Gasteiger partial charge on any atom is -0.478 e. The fourth-order valence-electron chi connectivity index (χ4n) is 2.11. The molecule has 0 radical (unpaired) electrons. The molecule has 0 amide bonds. The SMILES string of the molecule is CCN1C=C(C(=O)O)CC2=C(F)CCC=C21. The predicted octanol–water partition coefficient (Wildman–Crippen LogP) is 2.58. The molecule has 2 aliphatic rings. The third-order valence-electron chi connectivity index (χ3n) is 2.94. The van der Waals surface area contributed by atoms with Crippen LogP contribution in [0.25, 0.3) is 0 Å². The van der Waals surface area contributed by atoms with E-state index < -0.39 is 5.97 Å². The molecular formula is C12H14FNO2. The first kappa shape index (κ1) is 10.9. The highest BCUT2D eigenvalue weighted by Crippen LogP contribution is 2.36. The molecule has 0 fully saturated rings. The molecule has 0 unspecified atom stereocenters. The largest absolute Gasteiger partial charge is 0.478 e. The Labute approximate surface area is 93.6 Å². The summed E-state index contributed by atoms with van der Waals surface area (Å²) in [6.07, 6.45) is 4.87. The van der Waals surface area contributed by atoms with Gasteiger partial charge in [-0.2, -0.15) is 0 Å². The van der Waals surface area contributed by atoms with Gasteiger partial charge in [0.25, 0.3) is 0 Å². The molecule has 1 heterocycles. The second kappa shape index (κ2) is 4.12. The third-order valence-corrected chi connectivity index (χ3v) is 2.94. The first-order valence-corrected chi connectivity index (χ1v) is 5.42. The van der Waals surface area contributed by atoms with Gasteiger partial charge in [-0.25, -0.2) is 9.18 Å². The Bertz CT molecular complexity index is 421. The third kappa shape index (κ3) is 1.75. The fourth-order valence-corrected chi connectivity index (χ4v) is 2.11. The molecule has 0 bridgehead atoms. The van der Waals surface area contributed by atoms with Crippen molar-refractivity contribution in [3.8, 4) is 0 Å². The molecule has 0 aromatic heterocycles. The van der Waals surface area contributed by atoms with E-state index >= 15 is 0 Å². The number of carbonyl (C=O) groups is 1. The molecule has 1 aliphatic heterocycles. The quantitative estimate of drug-likeness (QED) is 0.782. The van der Waals surface area contributed by atoms with Gasteiger partial charge in [0.05, 0.1) is 5.57 Å². The molecule has 0 saturated carbocycles. The molecule has 0 saturated heterocycles. The molecule has 2 rings (SSSR count). The number of aliphatic carboxylic acids is 1. The van der Waals surface area contributed by atoms with Gasteiger partial charge in [-0.1, -0.05) is 6.08 Å². The van der Waals surface area contributed by atoms with Gasteiger partial charge in [0.1, 0.15) is 5.83 Å². The number of carboxylic acid groups (broad SMARTS) is 1. The highest BCUT2D eigenvalue weighted by atomic mass is 19.1. The van der Waals surface area contributed by atoms with Crippen molar-refractivity contribution in [3.05, 3.63) is 34.9 Å². The van der Waals surface area contributed by atoms with Gasteiger partial charge in [-0.05, 0) is 13.3 Å². The lowest BCUT2D eigenvalue weighted by atomic mass is 9.92. The monoisotopic (exact) mass is 223 g/mol. The maximum atomic E-state index is 13.7. The highest BCUT2D eigenvalue weighted by Gasteiger charge is 2.27. The van der Waals surface area contributed by atoms with E-state index in [1.165, 1.54) is 0 Å². The molecule has 0 aromatic carbocycles. The lowest BCUT2D eigenvalue weighted by Crippen LogP contribution is -2.26. The predicted molar refractivity (Wildman–Crippen MR) is 58.2 cm³/mol. The molecular weight excluding hydrogens is 209 g/mol. The molecule has 0 atom stereocenters. The summed E-state index contributed by atoms with van der Waals surface area (Å²) in [5, 5.41) is 8.97. The Morgan fingerprint density at radius 2 is 2.38 bits per heavy atom. The van der Waals surface area contributed by atoms with Crippen molar-refractivity contribution in [2.24, 2.45) is 0 Å². The van der Waals surface area contributed by atoms with Crippen LogP contribution in [0.2, 0.25) is 0 Å². The van der Waals surface area contributed by atoms with E-state index in [1.54, 1.807) is 11.1 Å². The number of halogens is 1. The summed E-state index contributed by atoms with van der Waals surface area (Å²) in [6.45, 7) is 2.58. The van der Waals surface area contributed by atoms with Gasteiger partial charge in [0.2, 0.25) is 0 Å². The molecule has 0 spiro atoms. The standard InChI is InChI=1S/C12H14FNO2/c1-2-14-7-8(12(15)16)6-9-10(13)4-3-5-11(9)14/h5,7H,2-4,6H2,1H3,(H,15,16). The van der Waals surface area contributed by atoms with E-state index in [-0.39, 0.29) is 17.8 Å². The van der Waals surface area contributed by atoms with Crippen molar-refractivity contribution in [3.63, 3.8) is 0 Å². The van der Waals surface area contributed by atoms with Crippen molar-refractivity contribution < 1.29 is 14.3 Å². The van der Waals surface area contributed by atoms with Crippen LogP contribution in [0.1, 0.15) is 26.2 Å². The minimum absolute atomic E-state index is 0.164. The van der Waals surface area contributed by atoms with Crippen LogP contribution in [0.4, 0.5) is 4.39 Å². The first-order chi connectivity index (χ1) is 7.63. The second-order valence-electron chi connectivity index (χ2n) is 3.93. The number of nitrogens with zero attached hydrogens (tertiary/aromatic N) is 1. The zero-order chi connectivity index (χ0) is 11.7. The lowest BCUT2D eigenvalue weighted by Gasteiger charge is -2.31. The van der Waals surface area contributed by atoms with Crippen molar-refractivity contribution in [2.75, 3.05) is 6.54 Å². The number of allylic oxidation sites excluding steroid dienone is 3. The normalized spacial score (nSPS) is 20.2. The van der Waals surface area contributed by atoms with Gasteiger partial charge in [0, 0.05) is 36.9 Å². The molecule has 0 aromatic rings. The van der Waals surface area contributed by atoms with Gasteiger partial charge >= 0.3 is 5.97 Å². The van der Waals surface area contributed by atoms with E-state index in [0.717, 1.165) is 5.70 Å². The van der Waals surface area contributed by atoms with E-state index in [4.69, 9.17) is 5.11 Å². The number of fused-ring (bicyclic) bond motifs is 1. The summed E-state index contributed by atoms with van der Waals surface area (Å²) >= 11 is 0. The lowest BCUT2D eigenvalue weighted by molar-refractivity contribution is -0.132. The molecule has 86 valence electrons. The first-order valence-electron chi connectivity index (χ1n) is 5.42. The van der Waals surface area contributed by atoms with Crippen molar-refractivity contribution >= 4 is 5.97 Å². The Morgan fingerprint density at radius 1 is 1.62 bits per heavy atom. The Morgan fingerprint density at radius 3 is 3.00 bits per heavy atom. The number of carboxylic acids is 1. The van der Waals surface area contributed by atoms with Crippen LogP contribution in [0.15, 0.2) is 34.9 Å². The van der Waals surface area contributed by atoms with Crippen molar-refractivity contribution in [1.29, 1.82) is 0 Å². The van der Waals surface area contributed by atoms with Crippen LogP contribution < -0.4 is 0 Å². The average molecular weight is 223 g/mol. The fraction of sp³-hybridized carbons (Fsp3) is 0.417. The van der Waals surface area contributed by atoms with E-state index in [0.29, 0.717) is 25.0 Å². The van der Waals surface area contributed by atoms with Crippen molar-refractivity contribution in [2.45, 2.75) is 26.2 Å². The topological polar surface area (TPSA) is 40.5 Å². The van der Waals surface area contributed by atoms with Crippen molar-refractivity contribution in [1.82, 2.24) is 4.90 Å². The molecule has 16 heavy (non-hydrogen) atoms. The van der Waals surface area contributed by atoms with Crippen LogP contribution in [0.3, 0.4) is 0 Å². The maximum Gasteiger partial charge on any atom is 0.333 e. The van der Waals surface area contributed by atoms with Gasteiger partial charge in [-0.15, -0.1) is 0 Å². The van der Waals surface area contributed by atoms with Crippen LogP contribution in [0.5, 0.6) is 0 Å². The summed E-state index contributed by atoms with van der Waals surface area (Å²) in [7, 11) is 0. The van der Waals surface area contributed by atoms with E-state index in [2.05, 4.69) is 0 Å². The Kier molecular flexibility index (Phi) is 2.81. The number of hydrogen-bond acceptors (Lipinski definition) is 2. The Hall–Kier alpha value is -1.58. The maximum absolute atomic E-state index is 13.7. The molecule has 1 N–H and O–H groups in total. The summed E-state index contributed by atoms with van der Waals surface area (Å²) < 4.78 is 13.7. The molecule has 3 nitrogen and oxygen atoms in total. The van der Waals surface area contributed by atoms with Crippen LogP contribution >= 0.6 is 0 Å². The molecule has 4 heteroatoms. The highest BCUT2D eigenvalue weighted by molar-refractivity contribution is 5.88. The molecule has 1 aliphatic carbocycles. The zero-order valence-electron chi connectivity index (χ0n) is 9.16. The summed E-state index contributed by atoms with van der Waals surface area (Å²) in [5.41, 5.74) is 1.65. The summed E-state index contributed by atoms with van der Waals surface area (Å²) in [4.78, 5) is 12.7. The van der Waals surface area contributed by atoms with Gasteiger partial charge in [-0.3, -0.25) is 0 Å².